The summed E-state index contributed by atoms with van der Waals surface area (Å²) in [5.74, 6) is 0.209. The van der Waals surface area contributed by atoms with E-state index in [2.05, 4.69) is 15.5 Å². The van der Waals surface area contributed by atoms with Crippen LogP contribution in [0.5, 0.6) is 0 Å². The summed E-state index contributed by atoms with van der Waals surface area (Å²) in [6, 6.07) is 1.04. The molecule has 1 amide bonds. The molecule has 0 aromatic rings. The van der Waals surface area contributed by atoms with Gasteiger partial charge in [-0.1, -0.05) is 0 Å². The molecule has 1 aliphatic carbocycles. The van der Waals surface area contributed by atoms with E-state index in [0.29, 0.717) is 18.6 Å². The minimum atomic E-state index is 0. The third-order valence-electron chi connectivity index (χ3n) is 3.23. The minimum Gasteiger partial charge on any atom is -0.352 e. The largest absolute Gasteiger partial charge is 0.352 e. The minimum absolute atomic E-state index is 0. The average molecular weight is 248 g/mol. The fourth-order valence-corrected chi connectivity index (χ4v) is 2.26. The lowest BCUT2D eigenvalue weighted by Crippen LogP contribution is -2.43. The summed E-state index contributed by atoms with van der Waals surface area (Å²) in [6.07, 6.45) is 4.79. The van der Waals surface area contributed by atoms with Crippen molar-refractivity contribution in [3.63, 3.8) is 0 Å². The van der Waals surface area contributed by atoms with E-state index >= 15 is 0 Å². The van der Waals surface area contributed by atoms with Crippen molar-refractivity contribution in [2.24, 2.45) is 0 Å². The van der Waals surface area contributed by atoms with Crippen LogP contribution in [0.1, 0.15) is 25.7 Å². The highest BCUT2D eigenvalue weighted by Crippen LogP contribution is 2.19. The topological polar surface area (TPSA) is 44.4 Å². The molecule has 1 saturated heterocycles. The highest BCUT2D eigenvalue weighted by atomic mass is 35.5. The van der Waals surface area contributed by atoms with Gasteiger partial charge < -0.3 is 10.6 Å². The highest BCUT2D eigenvalue weighted by molar-refractivity contribution is 5.85. The van der Waals surface area contributed by atoms with Crippen molar-refractivity contribution in [1.82, 2.24) is 15.5 Å². The van der Waals surface area contributed by atoms with Crippen LogP contribution in [-0.4, -0.2) is 49.6 Å². The van der Waals surface area contributed by atoms with Gasteiger partial charge in [0.1, 0.15) is 0 Å². The Hall–Kier alpha value is -0.320. The van der Waals surface area contributed by atoms with Crippen molar-refractivity contribution in [2.75, 3.05) is 26.7 Å². The van der Waals surface area contributed by atoms with E-state index in [1.54, 1.807) is 0 Å². The van der Waals surface area contributed by atoms with Crippen LogP contribution in [0.3, 0.4) is 0 Å². The van der Waals surface area contributed by atoms with Gasteiger partial charge in [-0.3, -0.25) is 9.69 Å². The van der Waals surface area contributed by atoms with Gasteiger partial charge >= 0.3 is 0 Å². The molecule has 2 fully saturated rings. The Morgan fingerprint density at radius 1 is 1.38 bits per heavy atom. The molecule has 94 valence electrons. The number of hydrogen-bond donors (Lipinski definition) is 2. The van der Waals surface area contributed by atoms with Gasteiger partial charge in [0.25, 0.3) is 0 Å². The van der Waals surface area contributed by atoms with Crippen LogP contribution in [0, 0.1) is 0 Å². The van der Waals surface area contributed by atoms with Crippen molar-refractivity contribution >= 4 is 18.3 Å². The second kappa shape index (κ2) is 6.42. The monoisotopic (exact) mass is 247 g/mol. The van der Waals surface area contributed by atoms with Crippen LogP contribution in [-0.2, 0) is 4.79 Å². The molecule has 1 aliphatic heterocycles. The van der Waals surface area contributed by atoms with E-state index in [0.717, 1.165) is 13.1 Å². The summed E-state index contributed by atoms with van der Waals surface area (Å²) in [7, 11) is 1.97. The van der Waals surface area contributed by atoms with Crippen molar-refractivity contribution in [3.05, 3.63) is 0 Å². The third kappa shape index (κ3) is 3.92. The molecule has 4 nitrogen and oxygen atoms in total. The van der Waals surface area contributed by atoms with Gasteiger partial charge in [-0.15, -0.1) is 12.4 Å². The van der Waals surface area contributed by atoms with Crippen LogP contribution in [0.4, 0.5) is 0 Å². The van der Waals surface area contributed by atoms with Crippen molar-refractivity contribution in [1.29, 1.82) is 0 Å². The molecule has 5 heteroatoms. The standard InChI is InChI=1S/C11H21N3O.ClH/c1-12-7-10-3-2-6-14(10)8-11(15)13-9-4-5-9;/h9-10,12H,2-8H2,1H3,(H,13,15);1H. The van der Waals surface area contributed by atoms with Gasteiger partial charge in [-0.2, -0.15) is 0 Å². The Morgan fingerprint density at radius 3 is 2.75 bits per heavy atom. The first-order chi connectivity index (χ1) is 7.29. The summed E-state index contributed by atoms with van der Waals surface area (Å²) >= 11 is 0. The molecule has 0 bridgehead atoms. The first kappa shape index (κ1) is 13.7. The number of nitrogens with one attached hydrogen (secondary N) is 2. The maximum atomic E-state index is 11.6. The molecule has 0 aromatic heterocycles. The lowest BCUT2D eigenvalue weighted by atomic mass is 10.2. The quantitative estimate of drug-likeness (QED) is 0.738. The number of likely N-dealkylation sites (tertiary alicyclic amines) is 1. The Kier molecular flexibility index (Phi) is 5.52. The van der Waals surface area contributed by atoms with E-state index in [1.807, 2.05) is 7.05 Å². The van der Waals surface area contributed by atoms with E-state index in [4.69, 9.17) is 0 Å². The average Bonchev–Trinajstić information content (AvgIpc) is 2.90. The van der Waals surface area contributed by atoms with Crippen LogP contribution in [0.2, 0.25) is 0 Å². The molecule has 16 heavy (non-hydrogen) atoms. The number of hydrogen-bond acceptors (Lipinski definition) is 3. The third-order valence-corrected chi connectivity index (χ3v) is 3.23. The molecule has 1 saturated carbocycles. The van der Waals surface area contributed by atoms with Crippen LogP contribution >= 0.6 is 12.4 Å². The summed E-state index contributed by atoms with van der Waals surface area (Å²) in [4.78, 5) is 13.9. The maximum Gasteiger partial charge on any atom is 0.234 e. The molecule has 0 radical (unpaired) electrons. The van der Waals surface area contributed by atoms with Gasteiger partial charge in [0, 0.05) is 18.6 Å². The molecular weight excluding hydrogens is 226 g/mol. The zero-order chi connectivity index (χ0) is 10.7. The second-order valence-electron chi connectivity index (χ2n) is 4.67. The van der Waals surface area contributed by atoms with E-state index in [-0.39, 0.29) is 18.3 Å². The summed E-state index contributed by atoms with van der Waals surface area (Å²) in [5, 5.41) is 6.24. The molecule has 2 aliphatic rings. The number of carbonyl (C=O) groups is 1. The summed E-state index contributed by atoms with van der Waals surface area (Å²) in [6.45, 7) is 2.66. The lowest BCUT2D eigenvalue weighted by Gasteiger charge is -2.23. The van der Waals surface area contributed by atoms with Gasteiger partial charge in [0.2, 0.25) is 5.91 Å². The lowest BCUT2D eigenvalue weighted by molar-refractivity contribution is -0.122. The second-order valence-corrected chi connectivity index (χ2v) is 4.67. The zero-order valence-corrected chi connectivity index (χ0v) is 10.7. The van der Waals surface area contributed by atoms with Crippen molar-refractivity contribution in [2.45, 2.75) is 37.8 Å². The molecule has 2 N–H and O–H groups in total. The Labute approximate surface area is 104 Å². The molecule has 1 atom stereocenters. The SMILES string of the molecule is CNCC1CCCN1CC(=O)NC1CC1.Cl. The summed E-state index contributed by atoms with van der Waals surface area (Å²) < 4.78 is 0. The highest BCUT2D eigenvalue weighted by Gasteiger charge is 2.28. The number of rotatable bonds is 5. The fraction of sp³-hybridized carbons (Fsp3) is 0.909. The molecular formula is C11H22ClN3O. The zero-order valence-electron chi connectivity index (χ0n) is 9.87. The van der Waals surface area contributed by atoms with Crippen LogP contribution in [0.25, 0.3) is 0 Å². The molecule has 0 spiro atoms. The van der Waals surface area contributed by atoms with E-state index < -0.39 is 0 Å². The van der Waals surface area contributed by atoms with Crippen molar-refractivity contribution < 1.29 is 4.79 Å². The number of nitrogens with zero attached hydrogens (tertiary/aromatic N) is 1. The number of halogens is 1. The number of amides is 1. The van der Waals surface area contributed by atoms with Gasteiger partial charge in [0.15, 0.2) is 0 Å². The van der Waals surface area contributed by atoms with E-state index in [1.165, 1.54) is 25.7 Å². The van der Waals surface area contributed by atoms with Crippen molar-refractivity contribution in [3.8, 4) is 0 Å². The Bertz CT molecular complexity index is 233. The predicted molar refractivity (Wildman–Crippen MR) is 66.9 cm³/mol. The Balaban J connectivity index is 0.00000128. The fourth-order valence-electron chi connectivity index (χ4n) is 2.26. The van der Waals surface area contributed by atoms with Gasteiger partial charge in [-0.05, 0) is 39.3 Å². The maximum absolute atomic E-state index is 11.6. The number of likely N-dealkylation sites (N-methyl/N-ethyl adjacent to an activating group) is 1. The molecule has 1 unspecified atom stereocenters. The molecule has 2 rings (SSSR count). The van der Waals surface area contributed by atoms with Crippen LogP contribution < -0.4 is 10.6 Å². The van der Waals surface area contributed by atoms with Gasteiger partial charge in [-0.25, -0.2) is 0 Å². The predicted octanol–water partition coefficient (Wildman–Crippen LogP) is 0.371. The molecule has 1 heterocycles. The van der Waals surface area contributed by atoms with Gasteiger partial charge in [0.05, 0.1) is 6.54 Å². The number of carbonyl (C=O) groups excluding carboxylic acids is 1. The molecule has 0 aromatic carbocycles. The normalized spacial score (nSPS) is 25.2. The first-order valence-corrected chi connectivity index (χ1v) is 5.97. The first-order valence-electron chi connectivity index (χ1n) is 5.97. The van der Waals surface area contributed by atoms with E-state index in [9.17, 15) is 4.79 Å². The Morgan fingerprint density at radius 2 is 2.12 bits per heavy atom. The summed E-state index contributed by atoms with van der Waals surface area (Å²) in [5.41, 5.74) is 0. The smallest absolute Gasteiger partial charge is 0.234 e. The van der Waals surface area contributed by atoms with Crippen LogP contribution in [0.15, 0.2) is 0 Å².